The molecule has 0 radical (unpaired) electrons. The van der Waals surface area contributed by atoms with Crippen LogP contribution in [0.4, 0.5) is 4.79 Å². The zero-order valence-electron chi connectivity index (χ0n) is 15.4. The van der Waals surface area contributed by atoms with Crippen molar-refractivity contribution >= 4 is 11.9 Å². The fourth-order valence-corrected chi connectivity index (χ4v) is 3.57. The molecule has 3 N–H and O–H groups in total. The zero-order chi connectivity index (χ0) is 19.1. The van der Waals surface area contributed by atoms with Crippen LogP contribution in [0.25, 0.3) is 11.1 Å². The van der Waals surface area contributed by atoms with Gasteiger partial charge in [0.15, 0.2) is 0 Å². The van der Waals surface area contributed by atoms with E-state index < -0.39 is 6.09 Å². The van der Waals surface area contributed by atoms with E-state index in [2.05, 4.69) is 29.6 Å². The number of carbonyl (C=O) groups is 2. The van der Waals surface area contributed by atoms with E-state index >= 15 is 0 Å². The van der Waals surface area contributed by atoms with E-state index in [1.54, 1.807) is 0 Å². The van der Waals surface area contributed by atoms with Crippen LogP contribution in [0.2, 0.25) is 0 Å². The van der Waals surface area contributed by atoms with Gasteiger partial charge in [0.05, 0.1) is 6.54 Å². The topological polar surface area (TPSA) is 81.4 Å². The van der Waals surface area contributed by atoms with E-state index in [1.807, 2.05) is 24.3 Å². The van der Waals surface area contributed by atoms with Gasteiger partial charge in [0.25, 0.3) is 0 Å². The number of hydrogen-bond acceptors (Lipinski definition) is 4. The molecule has 0 saturated heterocycles. The summed E-state index contributed by atoms with van der Waals surface area (Å²) < 4.78 is 5.48. The van der Waals surface area contributed by atoms with Crippen LogP contribution in [0.5, 0.6) is 0 Å². The second-order valence-corrected chi connectivity index (χ2v) is 6.81. The molecule has 0 spiro atoms. The van der Waals surface area contributed by atoms with E-state index in [4.69, 9.17) is 10.5 Å². The number of ketones is 1. The SMILES string of the molecule is NCC(=O)CCCCCNC(=O)OCC1c2ccccc2-c2ccccc21. The van der Waals surface area contributed by atoms with Gasteiger partial charge in [-0.05, 0) is 35.1 Å². The molecule has 1 aliphatic carbocycles. The van der Waals surface area contributed by atoms with Gasteiger partial charge in [-0.2, -0.15) is 0 Å². The Morgan fingerprint density at radius 1 is 0.926 bits per heavy atom. The molecule has 0 bridgehead atoms. The van der Waals surface area contributed by atoms with Crippen LogP contribution in [0.3, 0.4) is 0 Å². The van der Waals surface area contributed by atoms with Crippen molar-refractivity contribution in [3.05, 3.63) is 59.7 Å². The molecule has 1 aliphatic rings. The van der Waals surface area contributed by atoms with Crippen LogP contribution in [0.15, 0.2) is 48.5 Å². The first-order chi connectivity index (χ1) is 13.2. The zero-order valence-corrected chi connectivity index (χ0v) is 15.4. The number of alkyl carbamates (subject to hydrolysis) is 1. The van der Waals surface area contributed by atoms with Gasteiger partial charge in [0.2, 0.25) is 0 Å². The van der Waals surface area contributed by atoms with Crippen molar-refractivity contribution < 1.29 is 14.3 Å². The van der Waals surface area contributed by atoms with Crippen molar-refractivity contribution in [1.82, 2.24) is 5.32 Å². The molecule has 0 aromatic heterocycles. The lowest BCUT2D eigenvalue weighted by molar-refractivity contribution is -0.117. The number of hydrogen-bond donors (Lipinski definition) is 2. The highest BCUT2D eigenvalue weighted by Gasteiger charge is 2.28. The van der Waals surface area contributed by atoms with Gasteiger partial charge in [0, 0.05) is 18.9 Å². The highest BCUT2D eigenvalue weighted by molar-refractivity contribution is 5.80. The van der Waals surface area contributed by atoms with Crippen LogP contribution in [-0.4, -0.2) is 31.6 Å². The van der Waals surface area contributed by atoms with Crippen molar-refractivity contribution in [2.45, 2.75) is 31.6 Å². The Kier molecular flexibility index (Phi) is 6.60. The molecule has 0 atom stereocenters. The predicted octanol–water partition coefficient (Wildman–Crippen LogP) is 3.61. The first-order valence-electron chi connectivity index (χ1n) is 9.51. The van der Waals surface area contributed by atoms with Crippen LogP contribution in [0.1, 0.15) is 42.7 Å². The lowest BCUT2D eigenvalue weighted by Gasteiger charge is -2.14. The first-order valence-corrected chi connectivity index (χ1v) is 9.51. The average Bonchev–Trinajstić information content (AvgIpc) is 3.02. The molecule has 0 fully saturated rings. The van der Waals surface area contributed by atoms with Crippen LogP contribution in [0, 0.1) is 0 Å². The molecule has 0 heterocycles. The number of fused-ring (bicyclic) bond motifs is 3. The number of amides is 1. The number of carbonyl (C=O) groups excluding carboxylic acids is 2. The van der Waals surface area contributed by atoms with E-state index in [0.29, 0.717) is 19.6 Å². The first kappa shape index (κ1) is 19.1. The maximum Gasteiger partial charge on any atom is 0.407 e. The lowest BCUT2D eigenvalue weighted by atomic mass is 9.98. The summed E-state index contributed by atoms with van der Waals surface area (Å²) in [6, 6.07) is 16.5. The summed E-state index contributed by atoms with van der Waals surface area (Å²) >= 11 is 0. The van der Waals surface area contributed by atoms with Gasteiger partial charge in [-0.25, -0.2) is 4.79 Å². The van der Waals surface area contributed by atoms with Gasteiger partial charge in [-0.1, -0.05) is 55.0 Å². The third-order valence-electron chi connectivity index (χ3n) is 4.97. The van der Waals surface area contributed by atoms with Gasteiger partial charge in [-0.3, -0.25) is 4.79 Å². The maximum absolute atomic E-state index is 12.0. The average molecular weight is 366 g/mol. The minimum absolute atomic E-state index is 0.0745. The Labute approximate surface area is 159 Å². The minimum atomic E-state index is -0.394. The second-order valence-electron chi connectivity index (χ2n) is 6.81. The van der Waals surface area contributed by atoms with Crippen molar-refractivity contribution in [2.24, 2.45) is 5.73 Å². The Morgan fingerprint density at radius 2 is 1.56 bits per heavy atom. The molecule has 0 aliphatic heterocycles. The molecule has 142 valence electrons. The largest absolute Gasteiger partial charge is 0.449 e. The number of ether oxygens (including phenoxy) is 1. The molecule has 1 amide bonds. The third-order valence-corrected chi connectivity index (χ3v) is 4.97. The van der Waals surface area contributed by atoms with E-state index in [1.165, 1.54) is 22.3 Å². The summed E-state index contributed by atoms with van der Waals surface area (Å²) in [5.74, 6) is 0.157. The van der Waals surface area contributed by atoms with Crippen molar-refractivity contribution in [1.29, 1.82) is 0 Å². The molecule has 2 aromatic rings. The maximum atomic E-state index is 12.0. The smallest absolute Gasteiger partial charge is 0.407 e. The Hall–Kier alpha value is -2.66. The van der Waals surface area contributed by atoms with Gasteiger partial charge < -0.3 is 15.8 Å². The van der Waals surface area contributed by atoms with Crippen LogP contribution >= 0.6 is 0 Å². The van der Waals surface area contributed by atoms with E-state index in [9.17, 15) is 9.59 Å². The molecule has 5 heteroatoms. The summed E-state index contributed by atoms with van der Waals surface area (Å²) in [5.41, 5.74) is 10.1. The van der Waals surface area contributed by atoms with E-state index in [-0.39, 0.29) is 18.2 Å². The molecule has 0 saturated carbocycles. The third kappa shape index (κ3) is 4.74. The number of Topliss-reactive ketones (excluding diaryl/α,β-unsaturated/α-hetero) is 1. The molecule has 0 unspecified atom stereocenters. The number of unbranched alkanes of at least 4 members (excludes halogenated alkanes) is 2. The Morgan fingerprint density at radius 3 is 2.19 bits per heavy atom. The summed E-state index contributed by atoms with van der Waals surface area (Å²) in [7, 11) is 0. The highest BCUT2D eigenvalue weighted by atomic mass is 16.5. The van der Waals surface area contributed by atoms with Crippen LogP contribution in [-0.2, 0) is 9.53 Å². The number of rotatable bonds is 9. The van der Waals surface area contributed by atoms with Gasteiger partial charge in [-0.15, -0.1) is 0 Å². The van der Waals surface area contributed by atoms with Crippen molar-refractivity contribution in [3.8, 4) is 11.1 Å². The Bertz CT molecular complexity index is 758. The lowest BCUT2D eigenvalue weighted by Crippen LogP contribution is -2.27. The molecular formula is C22H26N2O3. The van der Waals surface area contributed by atoms with Crippen LogP contribution < -0.4 is 11.1 Å². The van der Waals surface area contributed by atoms with Gasteiger partial charge in [0.1, 0.15) is 12.4 Å². The predicted molar refractivity (Wildman–Crippen MR) is 106 cm³/mol. The monoisotopic (exact) mass is 366 g/mol. The molecular weight excluding hydrogens is 340 g/mol. The minimum Gasteiger partial charge on any atom is -0.449 e. The molecule has 3 rings (SSSR count). The fourth-order valence-electron chi connectivity index (χ4n) is 3.57. The second kappa shape index (κ2) is 9.33. The number of nitrogens with two attached hydrogens (primary N) is 1. The van der Waals surface area contributed by atoms with Crippen molar-refractivity contribution in [3.63, 3.8) is 0 Å². The summed E-state index contributed by atoms with van der Waals surface area (Å²) in [6.07, 6.45) is 2.64. The Balaban J connectivity index is 1.45. The van der Waals surface area contributed by atoms with E-state index in [0.717, 1.165) is 19.3 Å². The quantitative estimate of drug-likeness (QED) is 0.664. The fraction of sp³-hybridized carbons (Fsp3) is 0.364. The highest BCUT2D eigenvalue weighted by Crippen LogP contribution is 2.44. The van der Waals surface area contributed by atoms with Crippen molar-refractivity contribution in [2.75, 3.05) is 19.7 Å². The molecule has 5 nitrogen and oxygen atoms in total. The molecule has 27 heavy (non-hydrogen) atoms. The number of nitrogens with one attached hydrogen (secondary N) is 1. The summed E-state index contributed by atoms with van der Waals surface area (Å²) in [6.45, 7) is 0.982. The number of benzene rings is 2. The molecule has 2 aromatic carbocycles. The van der Waals surface area contributed by atoms with Gasteiger partial charge >= 0.3 is 6.09 Å². The summed E-state index contributed by atoms with van der Waals surface area (Å²) in [5, 5.41) is 2.79. The normalized spacial score (nSPS) is 12.3. The standard InChI is InChI=1S/C22H26N2O3/c23-14-16(25)8-2-1-7-13-24-22(26)27-15-21-19-11-5-3-9-17(19)18-10-4-6-12-20(18)21/h3-6,9-12,21H,1-2,7-8,13-15,23H2,(H,24,26). The summed E-state index contributed by atoms with van der Waals surface area (Å²) in [4.78, 5) is 23.1.